The topological polar surface area (TPSA) is 84.1 Å². The van der Waals surface area contributed by atoms with E-state index in [1.165, 1.54) is 6.20 Å². The Labute approximate surface area is 87.0 Å². The zero-order valence-corrected chi connectivity index (χ0v) is 8.45. The summed E-state index contributed by atoms with van der Waals surface area (Å²) in [5.74, 6) is -0.598. The minimum absolute atomic E-state index is 0.174. The van der Waals surface area contributed by atoms with Crippen molar-refractivity contribution in [3.05, 3.63) is 18.0 Å². The lowest BCUT2D eigenvalue weighted by Crippen LogP contribution is -2.26. The molecule has 15 heavy (non-hydrogen) atoms. The minimum Gasteiger partial charge on any atom is -0.466 e. The molecule has 0 aliphatic carbocycles. The van der Waals surface area contributed by atoms with Crippen molar-refractivity contribution in [3.8, 4) is 0 Å². The maximum atomic E-state index is 11.3. The minimum atomic E-state index is -0.317. The van der Waals surface area contributed by atoms with Gasteiger partial charge in [0.2, 0.25) is 0 Å². The fourth-order valence-corrected chi connectivity index (χ4v) is 0.989. The molecule has 2 N–H and O–H groups in total. The third-order valence-corrected chi connectivity index (χ3v) is 1.67. The molecule has 0 saturated heterocycles. The van der Waals surface area contributed by atoms with E-state index in [9.17, 15) is 9.59 Å². The van der Waals surface area contributed by atoms with E-state index in [2.05, 4.69) is 15.5 Å². The molecular weight excluding hydrogens is 198 g/mol. The molecule has 1 rings (SSSR count). The Bertz CT molecular complexity index is 321. The molecule has 0 bridgehead atoms. The smallest absolute Gasteiger partial charge is 0.307 e. The summed E-state index contributed by atoms with van der Waals surface area (Å²) in [6.07, 6.45) is 1.66. The number of carbonyl (C=O) groups is 2. The van der Waals surface area contributed by atoms with Crippen LogP contribution in [0.2, 0.25) is 0 Å². The van der Waals surface area contributed by atoms with Gasteiger partial charge < -0.3 is 10.1 Å². The zero-order valence-electron chi connectivity index (χ0n) is 8.45. The van der Waals surface area contributed by atoms with E-state index >= 15 is 0 Å². The Morgan fingerprint density at radius 1 is 1.60 bits per heavy atom. The lowest BCUT2D eigenvalue weighted by molar-refractivity contribution is -0.142. The summed E-state index contributed by atoms with van der Waals surface area (Å²) < 4.78 is 4.70. The van der Waals surface area contributed by atoms with Crippen LogP contribution in [0.4, 0.5) is 0 Å². The van der Waals surface area contributed by atoms with E-state index in [0.29, 0.717) is 12.3 Å². The van der Waals surface area contributed by atoms with Crippen molar-refractivity contribution in [3.63, 3.8) is 0 Å². The summed E-state index contributed by atoms with van der Waals surface area (Å²) in [7, 11) is 0. The number of carbonyl (C=O) groups excluding carboxylic acids is 2. The third-order valence-electron chi connectivity index (χ3n) is 1.67. The van der Waals surface area contributed by atoms with E-state index in [1.807, 2.05) is 0 Å². The Morgan fingerprint density at radius 2 is 2.40 bits per heavy atom. The molecule has 6 heteroatoms. The summed E-state index contributed by atoms with van der Waals surface area (Å²) in [6.45, 7) is 2.35. The molecule has 6 nitrogen and oxygen atoms in total. The molecule has 82 valence electrons. The van der Waals surface area contributed by atoms with Crippen LogP contribution in [0, 0.1) is 0 Å². The van der Waals surface area contributed by atoms with Crippen LogP contribution in [0.15, 0.2) is 12.3 Å². The van der Waals surface area contributed by atoms with Gasteiger partial charge in [-0.05, 0) is 13.0 Å². The second-order valence-corrected chi connectivity index (χ2v) is 2.78. The number of aromatic nitrogens is 2. The van der Waals surface area contributed by atoms with Gasteiger partial charge >= 0.3 is 5.97 Å². The van der Waals surface area contributed by atoms with Crippen LogP contribution in [0.25, 0.3) is 0 Å². The number of rotatable bonds is 5. The Kier molecular flexibility index (Phi) is 4.33. The Hall–Kier alpha value is -1.85. The van der Waals surface area contributed by atoms with Crippen molar-refractivity contribution in [2.24, 2.45) is 0 Å². The monoisotopic (exact) mass is 211 g/mol. The first-order valence-electron chi connectivity index (χ1n) is 4.67. The molecule has 0 atom stereocenters. The van der Waals surface area contributed by atoms with Gasteiger partial charge in [0, 0.05) is 12.7 Å². The molecule has 1 aromatic rings. The number of H-pyrrole nitrogens is 1. The van der Waals surface area contributed by atoms with Crippen LogP contribution in [-0.2, 0) is 9.53 Å². The van der Waals surface area contributed by atoms with Crippen LogP contribution in [0.3, 0.4) is 0 Å². The van der Waals surface area contributed by atoms with E-state index in [1.54, 1.807) is 13.0 Å². The van der Waals surface area contributed by atoms with Gasteiger partial charge in [-0.1, -0.05) is 0 Å². The van der Waals surface area contributed by atoms with Crippen LogP contribution in [0.1, 0.15) is 23.8 Å². The first kappa shape index (κ1) is 11.2. The van der Waals surface area contributed by atoms with Gasteiger partial charge in [-0.3, -0.25) is 14.7 Å². The van der Waals surface area contributed by atoms with Crippen molar-refractivity contribution < 1.29 is 14.3 Å². The van der Waals surface area contributed by atoms with E-state index in [4.69, 9.17) is 4.74 Å². The van der Waals surface area contributed by atoms with Crippen molar-refractivity contribution in [1.82, 2.24) is 15.5 Å². The maximum absolute atomic E-state index is 11.3. The van der Waals surface area contributed by atoms with Crippen LogP contribution in [0.5, 0.6) is 0 Å². The van der Waals surface area contributed by atoms with Gasteiger partial charge in [0.1, 0.15) is 5.69 Å². The molecular formula is C9H13N3O3. The van der Waals surface area contributed by atoms with E-state index in [0.717, 1.165) is 0 Å². The molecule has 1 aromatic heterocycles. The lowest BCUT2D eigenvalue weighted by atomic mass is 10.4. The predicted molar refractivity (Wildman–Crippen MR) is 52.2 cm³/mol. The first-order valence-corrected chi connectivity index (χ1v) is 4.67. The van der Waals surface area contributed by atoms with Crippen molar-refractivity contribution >= 4 is 11.9 Å². The Balaban J connectivity index is 2.21. The number of aromatic amines is 1. The number of hydrogen-bond acceptors (Lipinski definition) is 4. The SMILES string of the molecule is CCOC(=O)CCNC(=O)c1ccn[nH]1. The number of ether oxygens (including phenoxy) is 1. The van der Waals surface area contributed by atoms with Crippen molar-refractivity contribution in [2.45, 2.75) is 13.3 Å². The average Bonchev–Trinajstić information content (AvgIpc) is 2.70. The van der Waals surface area contributed by atoms with Gasteiger partial charge in [0.05, 0.1) is 13.0 Å². The second-order valence-electron chi connectivity index (χ2n) is 2.78. The summed E-state index contributed by atoms with van der Waals surface area (Å²) in [5.41, 5.74) is 0.374. The van der Waals surface area contributed by atoms with Crippen molar-refractivity contribution in [2.75, 3.05) is 13.2 Å². The van der Waals surface area contributed by atoms with Crippen LogP contribution < -0.4 is 5.32 Å². The Morgan fingerprint density at radius 3 is 3.00 bits per heavy atom. The highest BCUT2D eigenvalue weighted by Crippen LogP contribution is 1.91. The summed E-state index contributed by atoms with van der Waals surface area (Å²) in [6, 6.07) is 1.56. The molecule has 0 aliphatic rings. The third kappa shape index (κ3) is 3.80. The molecule has 0 radical (unpaired) electrons. The highest BCUT2D eigenvalue weighted by Gasteiger charge is 2.07. The molecule has 0 saturated carbocycles. The molecule has 0 spiro atoms. The number of nitrogens with zero attached hydrogens (tertiary/aromatic N) is 1. The number of hydrogen-bond donors (Lipinski definition) is 2. The fraction of sp³-hybridized carbons (Fsp3) is 0.444. The summed E-state index contributed by atoms with van der Waals surface area (Å²) in [4.78, 5) is 22.2. The average molecular weight is 211 g/mol. The number of esters is 1. The second kappa shape index (κ2) is 5.79. The highest BCUT2D eigenvalue weighted by molar-refractivity contribution is 5.92. The number of amides is 1. The predicted octanol–water partition coefficient (Wildman–Crippen LogP) is 0.0927. The molecule has 0 aliphatic heterocycles. The highest BCUT2D eigenvalue weighted by atomic mass is 16.5. The van der Waals surface area contributed by atoms with E-state index < -0.39 is 0 Å². The van der Waals surface area contributed by atoms with Gasteiger partial charge in [-0.15, -0.1) is 0 Å². The molecule has 0 unspecified atom stereocenters. The molecule has 1 heterocycles. The number of nitrogens with one attached hydrogen (secondary N) is 2. The van der Waals surface area contributed by atoms with Crippen LogP contribution >= 0.6 is 0 Å². The largest absolute Gasteiger partial charge is 0.466 e. The molecule has 0 fully saturated rings. The van der Waals surface area contributed by atoms with Gasteiger partial charge in [0.25, 0.3) is 5.91 Å². The summed E-state index contributed by atoms with van der Waals surface area (Å²) >= 11 is 0. The van der Waals surface area contributed by atoms with E-state index in [-0.39, 0.29) is 24.8 Å². The summed E-state index contributed by atoms with van der Waals surface area (Å²) in [5, 5.41) is 8.72. The van der Waals surface area contributed by atoms with Crippen LogP contribution in [-0.4, -0.2) is 35.2 Å². The zero-order chi connectivity index (χ0) is 11.1. The normalized spacial score (nSPS) is 9.67. The molecule has 0 aromatic carbocycles. The van der Waals surface area contributed by atoms with Gasteiger partial charge in [-0.25, -0.2) is 0 Å². The first-order chi connectivity index (χ1) is 7.24. The van der Waals surface area contributed by atoms with Gasteiger partial charge in [-0.2, -0.15) is 5.10 Å². The lowest BCUT2D eigenvalue weighted by Gasteiger charge is -2.03. The maximum Gasteiger partial charge on any atom is 0.307 e. The quantitative estimate of drug-likeness (QED) is 0.676. The molecule has 1 amide bonds. The fourth-order valence-electron chi connectivity index (χ4n) is 0.989. The van der Waals surface area contributed by atoms with Crippen molar-refractivity contribution in [1.29, 1.82) is 0 Å². The van der Waals surface area contributed by atoms with Gasteiger partial charge in [0.15, 0.2) is 0 Å². The standard InChI is InChI=1S/C9H13N3O3/c1-2-15-8(13)4-5-10-9(14)7-3-6-11-12-7/h3,6H,2,4-5H2,1H3,(H,10,14)(H,11,12).